The Hall–Kier alpha value is -2.05. The van der Waals surface area contributed by atoms with E-state index in [1.54, 1.807) is 12.1 Å². The third-order valence-corrected chi connectivity index (χ3v) is 5.36. The number of nitriles is 1. The first-order valence-electron chi connectivity index (χ1n) is 8.72. The summed E-state index contributed by atoms with van der Waals surface area (Å²) in [6.45, 7) is 0.539. The molecule has 2 aromatic carbocycles. The van der Waals surface area contributed by atoms with E-state index in [1.165, 1.54) is 11.6 Å². The average molecular weight is 358 g/mol. The minimum atomic E-state index is -0.525. The zero-order valence-electron chi connectivity index (χ0n) is 14.1. The van der Waals surface area contributed by atoms with Gasteiger partial charge in [-0.3, -0.25) is 0 Å². The van der Waals surface area contributed by atoms with Gasteiger partial charge in [-0.05, 0) is 67.7 Å². The summed E-state index contributed by atoms with van der Waals surface area (Å²) in [6.07, 6.45) is 5.50. The molecule has 1 aliphatic carbocycles. The van der Waals surface area contributed by atoms with E-state index in [0.29, 0.717) is 24.2 Å². The molecule has 1 saturated carbocycles. The van der Waals surface area contributed by atoms with Crippen LogP contribution in [0.5, 0.6) is 5.75 Å². The van der Waals surface area contributed by atoms with Crippen LogP contribution < -0.4 is 4.74 Å². The second-order valence-electron chi connectivity index (χ2n) is 6.72. The molecule has 0 bridgehead atoms. The van der Waals surface area contributed by atoms with E-state index in [-0.39, 0.29) is 5.56 Å². The molecule has 130 valence electrons. The minimum Gasteiger partial charge on any atom is -0.492 e. The maximum atomic E-state index is 13.6. The van der Waals surface area contributed by atoms with Gasteiger partial charge >= 0.3 is 0 Å². The third-order valence-electron chi connectivity index (χ3n) is 4.99. The molecule has 0 spiro atoms. The molecule has 0 radical (unpaired) electrons. The smallest absolute Gasteiger partial charge is 0.144 e. The monoisotopic (exact) mass is 357 g/mol. The van der Waals surface area contributed by atoms with Crippen LogP contribution >= 0.6 is 11.6 Å². The van der Waals surface area contributed by atoms with Gasteiger partial charge in [-0.2, -0.15) is 5.26 Å². The van der Waals surface area contributed by atoms with Gasteiger partial charge in [0.15, 0.2) is 0 Å². The van der Waals surface area contributed by atoms with E-state index < -0.39 is 5.82 Å². The maximum Gasteiger partial charge on any atom is 0.144 e. The van der Waals surface area contributed by atoms with Gasteiger partial charge in [-0.15, -0.1) is 0 Å². The van der Waals surface area contributed by atoms with Gasteiger partial charge in [-0.25, -0.2) is 4.39 Å². The molecule has 0 aliphatic heterocycles. The molecular formula is C21H21ClFNO. The molecule has 3 rings (SSSR count). The van der Waals surface area contributed by atoms with Gasteiger partial charge in [-0.1, -0.05) is 35.9 Å². The van der Waals surface area contributed by atoms with Crippen molar-refractivity contribution in [3.8, 4) is 11.8 Å². The highest BCUT2D eigenvalue weighted by Crippen LogP contribution is 2.33. The van der Waals surface area contributed by atoms with Crippen LogP contribution in [0.4, 0.5) is 4.39 Å². The Labute approximate surface area is 153 Å². The Balaban J connectivity index is 1.50. The van der Waals surface area contributed by atoms with Crippen LogP contribution in [0.3, 0.4) is 0 Å². The van der Waals surface area contributed by atoms with Gasteiger partial charge in [0.2, 0.25) is 0 Å². The van der Waals surface area contributed by atoms with E-state index >= 15 is 0 Å². The first-order valence-corrected chi connectivity index (χ1v) is 9.10. The van der Waals surface area contributed by atoms with E-state index in [4.69, 9.17) is 21.6 Å². The molecule has 0 saturated heterocycles. The highest BCUT2D eigenvalue weighted by Gasteiger charge is 2.23. The number of halogens is 2. The lowest BCUT2D eigenvalue weighted by Gasteiger charge is -2.28. The van der Waals surface area contributed by atoms with Crippen molar-refractivity contribution >= 4 is 11.6 Å². The van der Waals surface area contributed by atoms with Gasteiger partial charge in [0, 0.05) is 5.02 Å². The van der Waals surface area contributed by atoms with Crippen molar-refractivity contribution in [3.63, 3.8) is 0 Å². The number of rotatable bonds is 5. The molecule has 2 nitrogen and oxygen atoms in total. The van der Waals surface area contributed by atoms with Crippen molar-refractivity contribution in [1.82, 2.24) is 0 Å². The van der Waals surface area contributed by atoms with E-state index in [1.807, 2.05) is 24.3 Å². The first-order chi connectivity index (χ1) is 12.2. The second kappa shape index (κ2) is 8.36. The molecule has 1 aliphatic rings. The summed E-state index contributed by atoms with van der Waals surface area (Å²) in [5.74, 6) is 0.932. The molecule has 0 atom stereocenters. The summed E-state index contributed by atoms with van der Waals surface area (Å²) in [7, 11) is 0. The Morgan fingerprint density at radius 1 is 1.04 bits per heavy atom. The Morgan fingerprint density at radius 2 is 1.76 bits per heavy atom. The first kappa shape index (κ1) is 17.8. The van der Waals surface area contributed by atoms with Crippen LogP contribution in [0, 0.1) is 29.0 Å². The topological polar surface area (TPSA) is 33.0 Å². The van der Waals surface area contributed by atoms with Gasteiger partial charge in [0.05, 0.1) is 6.61 Å². The van der Waals surface area contributed by atoms with Crippen molar-refractivity contribution < 1.29 is 9.13 Å². The van der Waals surface area contributed by atoms with Crippen LogP contribution in [-0.4, -0.2) is 6.61 Å². The molecule has 4 heteroatoms. The summed E-state index contributed by atoms with van der Waals surface area (Å²) in [5, 5.41) is 9.90. The predicted octanol–water partition coefficient (Wildman–Crippen LogP) is 5.78. The molecule has 0 heterocycles. The number of nitrogens with zero attached hydrogens (tertiary/aromatic N) is 1. The fourth-order valence-electron chi connectivity index (χ4n) is 3.52. The lowest BCUT2D eigenvalue weighted by molar-refractivity contribution is 0.182. The maximum absolute atomic E-state index is 13.6. The van der Waals surface area contributed by atoms with Crippen LogP contribution in [0.1, 0.15) is 36.8 Å². The Morgan fingerprint density at radius 3 is 2.48 bits per heavy atom. The normalized spacial score (nSPS) is 20.0. The molecule has 25 heavy (non-hydrogen) atoms. The van der Waals surface area contributed by atoms with Crippen molar-refractivity contribution in [3.05, 3.63) is 64.4 Å². The number of benzene rings is 2. The molecule has 0 aromatic heterocycles. The van der Waals surface area contributed by atoms with Crippen LogP contribution in [0.15, 0.2) is 42.5 Å². The van der Waals surface area contributed by atoms with Gasteiger partial charge in [0.1, 0.15) is 23.2 Å². The van der Waals surface area contributed by atoms with Crippen LogP contribution in [0.2, 0.25) is 5.02 Å². The predicted molar refractivity (Wildman–Crippen MR) is 97.2 cm³/mol. The summed E-state index contributed by atoms with van der Waals surface area (Å²) in [4.78, 5) is 0. The standard InChI is InChI=1S/C21H21ClFNO/c22-19-5-2-1-4-17(19)12-15-8-10-16(11-9-15)14-25-21-7-3-6-20(23)18(21)13-24/h1-7,15-16H,8-12,14H2. The van der Waals surface area contributed by atoms with E-state index in [0.717, 1.165) is 37.1 Å². The Bertz CT molecular complexity index is 763. The zero-order chi connectivity index (χ0) is 17.6. The molecule has 0 amide bonds. The van der Waals surface area contributed by atoms with Crippen LogP contribution in [0.25, 0.3) is 0 Å². The van der Waals surface area contributed by atoms with Crippen molar-refractivity contribution in [2.75, 3.05) is 6.61 Å². The Kier molecular flexibility index (Phi) is 5.94. The summed E-state index contributed by atoms with van der Waals surface area (Å²) in [6, 6.07) is 14.4. The quantitative estimate of drug-likeness (QED) is 0.679. The lowest BCUT2D eigenvalue weighted by Crippen LogP contribution is -2.21. The molecule has 0 unspecified atom stereocenters. The molecular weight excluding hydrogens is 337 g/mol. The fraction of sp³-hybridized carbons (Fsp3) is 0.381. The minimum absolute atomic E-state index is 0.00472. The van der Waals surface area contributed by atoms with Crippen molar-refractivity contribution in [1.29, 1.82) is 5.26 Å². The second-order valence-corrected chi connectivity index (χ2v) is 7.13. The summed E-state index contributed by atoms with van der Waals surface area (Å²) in [5.41, 5.74) is 1.22. The van der Waals surface area contributed by atoms with Gasteiger partial charge < -0.3 is 4.74 Å². The van der Waals surface area contributed by atoms with Gasteiger partial charge in [0.25, 0.3) is 0 Å². The largest absolute Gasteiger partial charge is 0.492 e. The number of ether oxygens (including phenoxy) is 1. The third kappa shape index (κ3) is 4.52. The molecule has 1 fully saturated rings. The molecule has 2 aromatic rings. The SMILES string of the molecule is N#Cc1c(F)cccc1OCC1CCC(Cc2ccccc2Cl)CC1. The zero-order valence-corrected chi connectivity index (χ0v) is 14.8. The van der Waals surface area contributed by atoms with Crippen LogP contribution in [-0.2, 0) is 6.42 Å². The average Bonchev–Trinajstić information content (AvgIpc) is 2.63. The lowest BCUT2D eigenvalue weighted by atomic mass is 9.79. The molecule has 0 N–H and O–H groups in total. The van der Waals surface area contributed by atoms with E-state index in [9.17, 15) is 4.39 Å². The summed E-state index contributed by atoms with van der Waals surface area (Å²) >= 11 is 6.25. The number of hydrogen-bond donors (Lipinski definition) is 0. The highest BCUT2D eigenvalue weighted by molar-refractivity contribution is 6.31. The van der Waals surface area contributed by atoms with E-state index in [2.05, 4.69) is 6.07 Å². The van der Waals surface area contributed by atoms with Crippen molar-refractivity contribution in [2.24, 2.45) is 11.8 Å². The summed E-state index contributed by atoms with van der Waals surface area (Å²) < 4.78 is 19.3. The fourth-order valence-corrected chi connectivity index (χ4v) is 3.73. The van der Waals surface area contributed by atoms with Crippen molar-refractivity contribution in [2.45, 2.75) is 32.1 Å². The highest BCUT2D eigenvalue weighted by atomic mass is 35.5. The number of hydrogen-bond acceptors (Lipinski definition) is 2.